The van der Waals surface area contributed by atoms with E-state index in [4.69, 9.17) is 5.84 Å². The third-order valence-corrected chi connectivity index (χ3v) is 3.69. The number of anilines is 3. The molecule has 4 N–H and O–H groups in total. The first-order chi connectivity index (χ1) is 9.81. The monoisotopic (exact) mass is 360 g/mol. The predicted molar refractivity (Wildman–Crippen MR) is 79.2 cm³/mol. The van der Waals surface area contributed by atoms with Gasteiger partial charge in [-0.2, -0.15) is 13.2 Å². The summed E-state index contributed by atoms with van der Waals surface area (Å²) in [6.45, 7) is 1.84. The Morgan fingerprint density at radius 2 is 1.86 bits per heavy atom. The highest BCUT2D eigenvalue weighted by Gasteiger charge is 2.31. The van der Waals surface area contributed by atoms with Crippen LogP contribution in [0.2, 0.25) is 0 Å². The number of hydrogen-bond acceptors (Lipinski definition) is 4. The molecule has 21 heavy (non-hydrogen) atoms. The Bertz CT molecular complexity index is 658. The molecule has 112 valence electrons. The lowest BCUT2D eigenvalue weighted by molar-refractivity contribution is -0.137. The fraction of sp³-hybridized carbons (Fsp3) is 0.154. The average molecular weight is 361 g/mol. The van der Waals surface area contributed by atoms with Gasteiger partial charge in [0.25, 0.3) is 0 Å². The summed E-state index contributed by atoms with van der Waals surface area (Å²) in [5.41, 5.74) is 2.81. The van der Waals surface area contributed by atoms with E-state index in [-0.39, 0.29) is 11.6 Å². The van der Waals surface area contributed by atoms with E-state index in [9.17, 15) is 13.2 Å². The molecular formula is C13H12BrF3N4. The Kier molecular flexibility index (Phi) is 4.38. The summed E-state index contributed by atoms with van der Waals surface area (Å²) in [6.07, 6.45) is -4.47. The lowest BCUT2D eigenvalue weighted by Crippen LogP contribution is -2.13. The van der Waals surface area contributed by atoms with E-state index in [0.29, 0.717) is 5.69 Å². The van der Waals surface area contributed by atoms with Gasteiger partial charge in [0.2, 0.25) is 0 Å². The zero-order valence-electron chi connectivity index (χ0n) is 10.9. The number of halogens is 4. The highest BCUT2D eigenvalue weighted by molar-refractivity contribution is 9.10. The molecule has 0 aliphatic rings. The van der Waals surface area contributed by atoms with Crippen molar-refractivity contribution in [3.05, 3.63) is 45.9 Å². The van der Waals surface area contributed by atoms with E-state index in [1.807, 2.05) is 13.0 Å². The van der Waals surface area contributed by atoms with Crippen molar-refractivity contribution in [3.63, 3.8) is 0 Å². The summed E-state index contributed by atoms with van der Waals surface area (Å²) in [4.78, 5) is 3.97. The van der Waals surface area contributed by atoms with Gasteiger partial charge in [-0.25, -0.2) is 10.8 Å². The van der Waals surface area contributed by atoms with E-state index < -0.39 is 11.7 Å². The fourth-order valence-corrected chi connectivity index (χ4v) is 2.08. The van der Waals surface area contributed by atoms with E-state index in [0.717, 1.165) is 22.2 Å². The van der Waals surface area contributed by atoms with Gasteiger partial charge in [-0.1, -0.05) is 22.0 Å². The highest BCUT2D eigenvalue weighted by Crippen LogP contribution is 2.33. The minimum absolute atomic E-state index is 0.0546. The van der Waals surface area contributed by atoms with Crippen LogP contribution in [-0.2, 0) is 6.18 Å². The molecular weight excluding hydrogens is 349 g/mol. The number of aromatic nitrogens is 1. The zero-order chi connectivity index (χ0) is 15.6. The molecule has 0 bridgehead atoms. The smallest absolute Gasteiger partial charge is 0.340 e. The van der Waals surface area contributed by atoms with Crippen LogP contribution >= 0.6 is 15.9 Å². The minimum Gasteiger partial charge on any atom is -0.340 e. The number of nitrogens with zero attached hydrogens (tertiary/aromatic N) is 1. The van der Waals surface area contributed by atoms with Crippen molar-refractivity contribution in [2.45, 2.75) is 13.1 Å². The van der Waals surface area contributed by atoms with Gasteiger partial charge in [-0.15, -0.1) is 0 Å². The molecule has 2 aromatic rings. The van der Waals surface area contributed by atoms with Crippen molar-refractivity contribution >= 4 is 33.3 Å². The summed E-state index contributed by atoms with van der Waals surface area (Å²) in [5, 5.41) is 2.86. The molecule has 0 aliphatic heterocycles. The molecule has 1 aromatic carbocycles. The first-order valence-electron chi connectivity index (χ1n) is 5.89. The number of nitrogens with one attached hydrogen (secondary N) is 2. The molecule has 0 unspecified atom stereocenters. The number of hydrogen-bond donors (Lipinski definition) is 3. The molecule has 1 heterocycles. The van der Waals surface area contributed by atoms with Crippen LogP contribution in [0.5, 0.6) is 0 Å². The number of hydrazine groups is 1. The summed E-state index contributed by atoms with van der Waals surface area (Å²) in [5.74, 6) is 5.15. The van der Waals surface area contributed by atoms with Crippen molar-refractivity contribution in [1.29, 1.82) is 0 Å². The number of nitrogens with two attached hydrogens (primary N) is 1. The van der Waals surface area contributed by atoms with Crippen LogP contribution in [-0.4, -0.2) is 4.98 Å². The average Bonchev–Trinajstić information content (AvgIpc) is 2.42. The van der Waals surface area contributed by atoms with Crippen LogP contribution in [0.4, 0.5) is 30.5 Å². The number of benzene rings is 1. The Morgan fingerprint density at radius 3 is 2.48 bits per heavy atom. The molecule has 0 spiro atoms. The largest absolute Gasteiger partial charge is 0.416 e. The van der Waals surface area contributed by atoms with Gasteiger partial charge in [-0.3, -0.25) is 0 Å². The summed E-state index contributed by atoms with van der Waals surface area (Å²) in [6, 6.07) is 7.14. The van der Waals surface area contributed by atoms with Crippen LogP contribution in [0.1, 0.15) is 11.1 Å². The minimum atomic E-state index is -4.47. The molecule has 0 atom stereocenters. The fourth-order valence-electron chi connectivity index (χ4n) is 1.71. The molecule has 4 nitrogen and oxygen atoms in total. The van der Waals surface area contributed by atoms with Crippen LogP contribution in [0.25, 0.3) is 0 Å². The molecule has 2 rings (SSSR count). The van der Waals surface area contributed by atoms with E-state index >= 15 is 0 Å². The summed E-state index contributed by atoms with van der Waals surface area (Å²) >= 11 is 3.36. The maximum Gasteiger partial charge on any atom is 0.416 e. The summed E-state index contributed by atoms with van der Waals surface area (Å²) in [7, 11) is 0. The topological polar surface area (TPSA) is 63.0 Å². The maximum absolute atomic E-state index is 12.8. The predicted octanol–water partition coefficient (Wildman–Crippen LogP) is 4.20. The van der Waals surface area contributed by atoms with Crippen LogP contribution < -0.4 is 16.6 Å². The van der Waals surface area contributed by atoms with Crippen molar-refractivity contribution in [2.75, 3.05) is 10.7 Å². The second-order valence-corrected chi connectivity index (χ2v) is 5.16. The number of alkyl halides is 3. The molecule has 0 radical (unpaired) electrons. The van der Waals surface area contributed by atoms with Gasteiger partial charge in [0.1, 0.15) is 11.6 Å². The normalized spacial score (nSPS) is 11.3. The van der Waals surface area contributed by atoms with Crippen LogP contribution in [0.15, 0.2) is 34.8 Å². The molecule has 0 aliphatic carbocycles. The van der Waals surface area contributed by atoms with E-state index in [2.05, 4.69) is 31.7 Å². The first kappa shape index (κ1) is 15.6. The SMILES string of the molecule is Cc1c(Br)cccc1Nc1cc(C(F)(F)F)cc(NN)n1. The van der Waals surface area contributed by atoms with E-state index in [1.54, 1.807) is 12.1 Å². The Hall–Kier alpha value is -1.80. The van der Waals surface area contributed by atoms with Gasteiger partial charge in [-0.05, 0) is 36.8 Å². The second-order valence-electron chi connectivity index (χ2n) is 4.31. The van der Waals surface area contributed by atoms with Crippen molar-refractivity contribution < 1.29 is 13.2 Å². The third-order valence-electron chi connectivity index (χ3n) is 2.83. The van der Waals surface area contributed by atoms with Gasteiger partial charge in [0.15, 0.2) is 0 Å². The van der Waals surface area contributed by atoms with Crippen molar-refractivity contribution in [1.82, 2.24) is 4.98 Å². The lowest BCUT2D eigenvalue weighted by Gasteiger charge is -2.14. The van der Waals surface area contributed by atoms with Crippen LogP contribution in [0.3, 0.4) is 0 Å². The van der Waals surface area contributed by atoms with E-state index in [1.165, 1.54) is 0 Å². The molecule has 0 saturated carbocycles. The van der Waals surface area contributed by atoms with Crippen molar-refractivity contribution in [2.24, 2.45) is 5.84 Å². The Labute approximate surface area is 127 Å². The molecule has 0 amide bonds. The molecule has 8 heteroatoms. The quantitative estimate of drug-likeness (QED) is 0.566. The zero-order valence-corrected chi connectivity index (χ0v) is 12.5. The highest BCUT2D eigenvalue weighted by atomic mass is 79.9. The Balaban J connectivity index is 2.42. The first-order valence-corrected chi connectivity index (χ1v) is 6.68. The number of rotatable bonds is 3. The van der Waals surface area contributed by atoms with Gasteiger partial charge >= 0.3 is 6.18 Å². The Morgan fingerprint density at radius 1 is 1.19 bits per heavy atom. The van der Waals surface area contributed by atoms with Gasteiger partial charge in [0.05, 0.1) is 5.56 Å². The lowest BCUT2D eigenvalue weighted by atomic mass is 10.2. The summed E-state index contributed by atoms with van der Waals surface area (Å²) < 4.78 is 39.3. The van der Waals surface area contributed by atoms with Crippen molar-refractivity contribution in [3.8, 4) is 0 Å². The molecule has 0 fully saturated rings. The van der Waals surface area contributed by atoms with Gasteiger partial charge < -0.3 is 10.7 Å². The standard InChI is InChI=1S/C13H12BrF3N4/c1-7-9(14)3-2-4-10(7)19-11-5-8(13(15,16)17)6-12(20-11)21-18/h2-6H,18H2,1H3,(H2,19,20,21). The number of nitrogen functional groups attached to an aromatic ring is 1. The van der Waals surface area contributed by atoms with Crippen LogP contribution in [0, 0.1) is 6.92 Å². The second kappa shape index (κ2) is 5.90. The number of pyridine rings is 1. The third kappa shape index (κ3) is 3.64. The molecule has 0 saturated heterocycles. The molecule has 1 aromatic heterocycles. The van der Waals surface area contributed by atoms with Gasteiger partial charge in [0, 0.05) is 10.2 Å². The maximum atomic E-state index is 12.8.